The van der Waals surface area contributed by atoms with Crippen molar-refractivity contribution in [2.75, 3.05) is 7.11 Å². The Morgan fingerprint density at radius 3 is 2.40 bits per heavy atom. The minimum Gasteiger partial charge on any atom is -0.481 e. The van der Waals surface area contributed by atoms with E-state index in [1.54, 1.807) is 0 Å². The number of hydrogen-bond acceptors (Lipinski definition) is 7. The van der Waals surface area contributed by atoms with E-state index in [4.69, 9.17) is 4.74 Å². The highest BCUT2D eigenvalue weighted by Crippen LogP contribution is 2.31. The second-order valence-corrected chi connectivity index (χ2v) is 8.96. The summed E-state index contributed by atoms with van der Waals surface area (Å²) in [6, 6.07) is 17.4. The van der Waals surface area contributed by atoms with Gasteiger partial charge in [0.25, 0.3) is 0 Å². The number of nitrogens with one attached hydrogen (secondary N) is 1. The van der Waals surface area contributed by atoms with Gasteiger partial charge in [-0.25, -0.2) is 4.68 Å². The number of hydrogen-bond donors (Lipinski definition) is 2. The van der Waals surface area contributed by atoms with E-state index in [9.17, 15) is 14.7 Å². The highest BCUT2D eigenvalue weighted by atomic mass is 16.5. The molecule has 2 unspecified atom stereocenters. The Kier molecular flexibility index (Phi) is 8.20. The number of aromatic nitrogens is 4. The van der Waals surface area contributed by atoms with Crippen LogP contribution < -0.4 is 5.32 Å². The first-order valence-corrected chi connectivity index (χ1v) is 12.0. The van der Waals surface area contributed by atoms with Gasteiger partial charge < -0.3 is 9.84 Å². The van der Waals surface area contributed by atoms with Gasteiger partial charge >= 0.3 is 11.9 Å². The van der Waals surface area contributed by atoms with Crippen LogP contribution in [-0.2, 0) is 20.9 Å². The monoisotopic (exact) mass is 477 g/mol. The van der Waals surface area contributed by atoms with Crippen molar-refractivity contribution in [3.8, 4) is 11.1 Å². The van der Waals surface area contributed by atoms with Crippen molar-refractivity contribution in [1.29, 1.82) is 0 Å². The highest BCUT2D eigenvalue weighted by molar-refractivity contribution is 5.69. The number of esters is 1. The summed E-state index contributed by atoms with van der Waals surface area (Å²) in [6.07, 6.45) is 5.34. The fourth-order valence-electron chi connectivity index (χ4n) is 4.84. The molecule has 1 aromatic heterocycles. The second-order valence-electron chi connectivity index (χ2n) is 8.96. The third-order valence-electron chi connectivity index (χ3n) is 6.67. The van der Waals surface area contributed by atoms with Gasteiger partial charge in [-0.2, -0.15) is 0 Å². The zero-order chi connectivity index (χ0) is 24.6. The lowest BCUT2D eigenvalue weighted by molar-refractivity contribution is -0.141. The maximum Gasteiger partial charge on any atom is 0.327 e. The summed E-state index contributed by atoms with van der Waals surface area (Å²) in [6.45, 7) is -0.133. The van der Waals surface area contributed by atoms with E-state index in [2.05, 4.69) is 20.8 Å². The summed E-state index contributed by atoms with van der Waals surface area (Å²) < 4.78 is 6.21. The molecule has 9 heteroatoms. The number of aliphatic carboxylic acids is 1. The third kappa shape index (κ3) is 6.30. The lowest BCUT2D eigenvalue weighted by Crippen LogP contribution is -2.42. The topological polar surface area (TPSA) is 119 Å². The molecule has 2 atom stereocenters. The van der Waals surface area contributed by atoms with Crippen molar-refractivity contribution in [2.24, 2.45) is 5.92 Å². The first kappa shape index (κ1) is 24.5. The van der Waals surface area contributed by atoms with Gasteiger partial charge in [0, 0.05) is 6.04 Å². The van der Waals surface area contributed by atoms with Crippen LogP contribution in [0.4, 0.5) is 0 Å². The Balaban J connectivity index is 1.68. The average molecular weight is 478 g/mol. The molecule has 0 spiro atoms. The number of carbonyl (C=O) groups excluding carboxylic acids is 1. The minimum atomic E-state index is -0.847. The molecule has 0 saturated heterocycles. The van der Waals surface area contributed by atoms with Gasteiger partial charge in [-0.05, 0) is 45.9 Å². The zero-order valence-electron chi connectivity index (χ0n) is 19.8. The maximum absolute atomic E-state index is 12.0. The summed E-state index contributed by atoms with van der Waals surface area (Å²) in [5, 5.41) is 25.2. The molecule has 2 N–H and O–H groups in total. The van der Waals surface area contributed by atoms with Gasteiger partial charge in [0.05, 0.1) is 19.6 Å². The molecule has 0 amide bonds. The van der Waals surface area contributed by atoms with Crippen LogP contribution in [0.2, 0.25) is 0 Å². The van der Waals surface area contributed by atoms with Crippen LogP contribution in [0.15, 0.2) is 54.6 Å². The third-order valence-corrected chi connectivity index (χ3v) is 6.67. The van der Waals surface area contributed by atoms with Crippen LogP contribution in [0.1, 0.15) is 56.0 Å². The van der Waals surface area contributed by atoms with Crippen molar-refractivity contribution in [3.63, 3.8) is 0 Å². The van der Waals surface area contributed by atoms with Gasteiger partial charge in [0.15, 0.2) is 5.82 Å². The van der Waals surface area contributed by atoms with E-state index in [-0.39, 0.29) is 24.9 Å². The summed E-state index contributed by atoms with van der Waals surface area (Å²) >= 11 is 0. The molecular weight excluding hydrogens is 446 g/mol. The Morgan fingerprint density at radius 1 is 1.06 bits per heavy atom. The Morgan fingerprint density at radius 2 is 1.74 bits per heavy atom. The van der Waals surface area contributed by atoms with Gasteiger partial charge in [0.1, 0.15) is 6.54 Å². The first-order valence-electron chi connectivity index (χ1n) is 12.0. The lowest BCUT2D eigenvalue weighted by atomic mass is 9.82. The van der Waals surface area contributed by atoms with E-state index in [0.717, 1.165) is 42.4 Å². The molecule has 1 heterocycles. The summed E-state index contributed by atoms with van der Waals surface area (Å²) in [5.74, 6) is -0.628. The quantitative estimate of drug-likeness (QED) is 0.425. The number of benzene rings is 2. The van der Waals surface area contributed by atoms with Gasteiger partial charge in [-0.1, -0.05) is 73.9 Å². The van der Waals surface area contributed by atoms with Crippen LogP contribution in [0, 0.1) is 5.92 Å². The Hall–Kier alpha value is -3.59. The van der Waals surface area contributed by atoms with Crippen LogP contribution in [-0.4, -0.2) is 50.4 Å². The molecule has 2 aromatic carbocycles. The number of carboxylic acid groups (broad SMARTS) is 1. The van der Waals surface area contributed by atoms with Crippen molar-refractivity contribution < 1.29 is 19.4 Å². The lowest BCUT2D eigenvalue weighted by Gasteiger charge is -2.33. The SMILES string of the molecule is COC(=O)Cn1nnnc1C(NC(CC(=O)O)C1CCCCC1)c1ccc(-c2ccccc2)cc1. The van der Waals surface area contributed by atoms with Crippen molar-refractivity contribution in [3.05, 3.63) is 66.0 Å². The summed E-state index contributed by atoms with van der Waals surface area (Å²) in [4.78, 5) is 23.7. The molecule has 3 aromatic rings. The molecule has 0 aliphatic heterocycles. The van der Waals surface area contributed by atoms with Gasteiger partial charge in [-0.15, -0.1) is 5.10 Å². The molecule has 4 rings (SSSR count). The number of carboxylic acids is 1. The number of methoxy groups -OCH3 is 1. The van der Waals surface area contributed by atoms with E-state index in [0.29, 0.717) is 5.82 Å². The molecule has 1 fully saturated rings. The van der Waals surface area contributed by atoms with E-state index in [1.807, 2.05) is 54.6 Å². The molecule has 0 radical (unpaired) electrons. The number of tetrazole rings is 1. The van der Waals surface area contributed by atoms with Crippen molar-refractivity contribution in [1.82, 2.24) is 25.5 Å². The molecule has 1 saturated carbocycles. The molecule has 1 aliphatic rings. The van der Waals surface area contributed by atoms with Crippen LogP contribution >= 0.6 is 0 Å². The number of carbonyl (C=O) groups is 2. The fraction of sp³-hybridized carbons (Fsp3) is 0.423. The largest absolute Gasteiger partial charge is 0.481 e. The van der Waals surface area contributed by atoms with E-state index in [1.165, 1.54) is 18.2 Å². The van der Waals surface area contributed by atoms with Crippen LogP contribution in [0.5, 0.6) is 0 Å². The van der Waals surface area contributed by atoms with Crippen molar-refractivity contribution in [2.45, 2.75) is 57.2 Å². The maximum atomic E-state index is 12.0. The van der Waals surface area contributed by atoms with Gasteiger partial charge in [-0.3, -0.25) is 14.9 Å². The number of ether oxygens (including phenoxy) is 1. The average Bonchev–Trinajstić information content (AvgIpc) is 3.35. The molecule has 184 valence electrons. The van der Waals surface area contributed by atoms with E-state index >= 15 is 0 Å². The second kappa shape index (κ2) is 11.7. The number of rotatable bonds is 10. The first-order chi connectivity index (χ1) is 17.0. The standard InChI is InChI=1S/C26H31N5O4/c1-35-24(34)17-31-26(28-29-30-31)25(27-22(16-23(32)33)20-10-6-3-7-11-20)21-14-12-19(13-15-21)18-8-4-2-5-9-18/h2,4-5,8-9,12-15,20,22,25,27H,3,6-7,10-11,16-17H2,1H3,(H,32,33). The van der Waals surface area contributed by atoms with Gasteiger partial charge in [0.2, 0.25) is 0 Å². The van der Waals surface area contributed by atoms with E-state index < -0.39 is 18.0 Å². The van der Waals surface area contributed by atoms with Crippen LogP contribution in [0.3, 0.4) is 0 Å². The molecule has 1 aliphatic carbocycles. The van der Waals surface area contributed by atoms with Crippen LogP contribution in [0.25, 0.3) is 11.1 Å². The highest BCUT2D eigenvalue weighted by Gasteiger charge is 2.31. The summed E-state index contributed by atoms with van der Waals surface area (Å²) in [5.41, 5.74) is 3.05. The minimum absolute atomic E-state index is 0.00182. The normalized spacial score (nSPS) is 15.9. The molecule has 9 nitrogen and oxygen atoms in total. The smallest absolute Gasteiger partial charge is 0.327 e. The van der Waals surface area contributed by atoms with Crippen molar-refractivity contribution >= 4 is 11.9 Å². The molecular formula is C26H31N5O4. The molecule has 0 bridgehead atoms. The summed E-state index contributed by atoms with van der Waals surface area (Å²) in [7, 11) is 1.32. The Bertz CT molecular complexity index is 1110. The fourth-order valence-corrected chi connectivity index (χ4v) is 4.84. The zero-order valence-corrected chi connectivity index (χ0v) is 19.8. The molecule has 35 heavy (non-hydrogen) atoms. The Labute approximate surface area is 204 Å². The predicted molar refractivity (Wildman–Crippen MR) is 129 cm³/mol. The predicted octanol–water partition coefficient (Wildman–Crippen LogP) is 3.62. The number of nitrogens with zero attached hydrogens (tertiary/aromatic N) is 4.